The first-order valence-electron chi connectivity index (χ1n) is 5.92. The molecule has 1 aliphatic rings. The SMILES string of the molecule is Oc1ccc(B2OCc3ccccc3CO2)cc1. The molecular formula is C14H13BO3. The van der Waals surface area contributed by atoms with Crippen LogP contribution in [0.5, 0.6) is 5.75 Å². The van der Waals surface area contributed by atoms with E-state index >= 15 is 0 Å². The number of hydrogen-bond donors (Lipinski definition) is 1. The van der Waals surface area contributed by atoms with Gasteiger partial charge in [-0.3, -0.25) is 0 Å². The van der Waals surface area contributed by atoms with Crippen molar-refractivity contribution in [1.82, 2.24) is 0 Å². The second kappa shape index (κ2) is 4.84. The lowest BCUT2D eigenvalue weighted by Crippen LogP contribution is -2.35. The van der Waals surface area contributed by atoms with Gasteiger partial charge in [-0.2, -0.15) is 0 Å². The smallest absolute Gasteiger partial charge is 0.494 e. The van der Waals surface area contributed by atoms with Crippen LogP contribution in [0.3, 0.4) is 0 Å². The second-order valence-electron chi connectivity index (χ2n) is 4.31. The lowest BCUT2D eigenvalue weighted by atomic mass is 9.79. The third-order valence-electron chi connectivity index (χ3n) is 3.06. The molecule has 0 spiro atoms. The monoisotopic (exact) mass is 240 g/mol. The highest BCUT2D eigenvalue weighted by Gasteiger charge is 2.24. The number of hydrogen-bond acceptors (Lipinski definition) is 3. The molecule has 0 aromatic heterocycles. The largest absolute Gasteiger partial charge is 0.508 e. The number of benzene rings is 2. The van der Waals surface area contributed by atoms with Crippen LogP contribution in [0, 0.1) is 0 Å². The fourth-order valence-corrected chi connectivity index (χ4v) is 2.04. The Labute approximate surface area is 106 Å². The molecule has 2 aromatic rings. The summed E-state index contributed by atoms with van der Waals surface area (Å²) in [6, 6.07) is 15.0. The van der Waals surface area contributed by atoms with Crippen molar-refractivity contribution in [1.29, 1.82) is 0 Å². The summed E-state index contributed by atoms with van der Waals surface area (Å²) < 4.78 is 11.5. The zero-order valence-corrected chi connectivity index (χ0v) is 9.87. The molecule has 3 rings (SSSR count). The van der Waals surface area contributed by atoms with E-state index in [1.807, 2.05) is 24.3 Å². The first-order valence-corrected chi connectivity index (χ1v) is 5.92. The van der Waals surface area contributed by atoms with Gasteiger partial charge in [-0.05, 0) is 28.7 Å². The molecular weight excluding hydrogens is 227 g/mol. The molecule has 0 amide bonds. The lowest BCUT2D eigenvalue weighted by molar-refractivity contribution is 0.210. The Morgan fingerprint density at radius 1 is 0.833 bits per heavy atom. The quantitative estimate of drug-likeness (QED) is 0.773. The molecule has 18 heavy (non-hydrogen) atoms. The highest BCUT2D eigenvalue weighted by Crippen LogP contribution is 2.17. The summed E-state index contributed by atoms with van der Waals surface area (Å²) in [5, 5.41) is 9.27. The summed E-state index contributed by atoms with van der Waals surface area (Å²) >= 11 is 0. The maximum absolute atomic E-state index is 9.27. The van der Waals surface area contributed by atoms with Gasteiger partial charge in [0, 0.05) is 0 Å². The van der Waals surface area contributed by atoms with Crippen molar-refractivity contribution >= 4 is 12.6 Å². The van der Waals surface area contributed by atoms with E-state index in [4.69, 9.17) is 9.31 Å². The molecule has 2 aromatic carbocycles. The molecule has 0 unspecified atom stereocenters. The second-order valence-corrected chi connectivity index (χ2v) is 4.31. The standard InChI is InChI=1S/C14H13BO3/c16-14-7-5-13(6-8-14)15-17-9-11-3-1-2-4-12(11)10-18-15/h1-8,16H,9-10H2. The molecule has 1 N–H and O–H groups in total. The van der Waals surface area contributed by atoms with Crippen LogP contribution in [0.15, 0.2) is 48.5 Å². The lowest BCUT2D eigenvalue weighted by Gasteiger charge is -2.10. The van der Waals surface area contributed by atoms with E-state index in [1.165, 1.54) is 11.1 Å². The van der Waals surface area contributed by atoms with Crippen molar-refractivity contribution in [2.75, 3.05) is 0 Å². The molecule has 0 bridgehead atoms. The fourth-order valence-electron chi connectivity index (χ4n) is 2.04. The highest BCUT2D eigenvalue weighted by atomic mass is 16.6. The number of phenolic OH excluding ortho intramolecular Hbond substituents is 1. The Balaban J connectivity index is 1.80. The number of aromatic hydroxyl groups is 1. The van der Waals surface area contributed by atoms with Gasteiger partial charge in [-0.25, -0.2) is 0 Å². The highest BCUT2D eigenvalue weighted by molar-refractivity contribution is 6.61. The zero-order chi connectivity index (χ0) is 12.4. The van der Waals surface area contributed by atoms with E-state index in [2.05, 4.69) is 12.1 Å². The molecule has 1 heterocycles. The van der Waals surface area contributed by atoms with Gasteiger partial charge in [0.05, 0.1) is 13.2 Å². The van der Waals surface area contributed by atoms with Gasteiger partial charge < -0.3 is 14.4 Å². The molecule has 0 saturated carbocycles. The molecule has 1 aliphatic heterocycles. The van der Waals surface area contributed by atoms with Crippen LogP contribution in [-0.2, 0) is 22.5 Å². The predicted molar refractivity (Wildman–Crippen MR) is 69.5 cm³/mol. The Morgan fingerprint density at radius 2 is 1.39 bits per heavy atom. The average molecular weight is 240 g/mol. The summed E-state index contributed by atoms with van der Waals surface area (Å²) in [5.74, 6) is 0.246. The van der Waals surface area contributed by atoms with E-state index in [1.54, 1.807) is 12.1 Å². The van der Waals surface area contributed by atoms with Crippen molar-refractivity contribution in [2.45, 2.75) is 13.2 Å². The Morgan fingerprint density at radius 3 is 1.94 bits per heavy atom. The predicted octanol–water partition coefficient (Wildman–Crippen LogP) is 1.83. The van der Waals surface area contributed by atoms with Gasteiger partial charge in [0.1, 0.15) is 5.75 Å². The van der Waals surface area contributed by atoms with Gasteiger partial charge in [0.25, 0.3) is 0 Å². The first-order chi connectivity index (χ1) is 8.83. The molecule has 0 aliphatic carbocycles. The van der Waals surface area contributed by atoms with E-state index in [0.29, 0.717) is 13.2 Å². The third kappa shape index (κ3) is 2.25. The van der Waals surface area contributed by atoms with E-state index < -0.39 is 0 Å². The number of fused-ring (bicyclic) bond motifs is 1. The van der Waals surface area contributed by atoms with Crippen LogP contribution in [0.2, 0.25) is 0 Å². The molecule has 3 nitrogen and oxygen atoms in total. The maximum atomic E-state index is 9.27. The summed E-state index contributed by atoms with van der Waals surface area (Å²) in [6.07, 6.45) is 0. The van der Waals surface area contributed by atoms with Crippen LogP contribution in [0.4, 0.5) is 0 Å². The summed E-state index contributed by atoms with van der Waals surface area (Å²) in [7, 11) is -0.377. The summed E-state index contributed by atoms with van der Waals surface area (Å²) in [6.45, 7) is 1.09. The van der Waals surface area contributed by atoms with Crippen molar-refractivity contribution in [3.8, 4) is 5.75 Å². The normalized spacial score (nSPS) is 15.0. The average Bonchev–Trinajstić information content (AvgIpc) is 2.62. The van der Waals surface area contributed by atoms with Gasteiger partial charge >= 0.3 is 7.12 Å². The van der Waals surface area contributed by atoms with Gasteiger partial charge in [0.2, 0.25) is 0 Å². The Kier molecular flexibility index (Phi) is 3.05. The van der Waals surface area contributed by atoms with Crippen LogP contribution >= 0.6 is 0 Å². The van der Waals surface area contributed by atoms with Gasteiger partial charge in [-0.15, -0.1) is 0 Å². The molecule has 90 valence electrons. The van der Waals surface area contributed by atoms with E-state index in [0.717, 1.165) is 5.46 Å². The zero-order valence-electron chi connectivity index (χ0n) is 9.87. The van der Waals surface area contributed by atoms with Crippen LogP contribution < -0.4 is 5.46 Å². The Bertz CT molecular complexity index is 512. The molecule has 0 fully saturated rings. The van der Waals surface area contributed by atoms with Crippen molar-refractivity contribution < 1.29 is 14.4 Å². The first kappa shape index (κ1) is 11.3. The van der Waals surface area contributed by atoms with Gasteiger partial charge in [-0.1, -0.05) is 36.4 Å². The summed E-state index contributed by atoms with van der Waals surface area (Å²) in [5.41, 5.74) is 3.25. The van der Waals surface area contributed by atoms with Crippen LogP contribution in [0.25, 0.3) is 0 Å². The topological polar surface area (TPSA) is 38.7 Å². The number of phenols is 1. The number of rotatable bonds is 1. The minimum absolute atomic E-state index is 0.246. The minimum atomic E-state index is -0.377. The van der Waals surface area contributed by atoms with E-state index in [9.17, 15) is 5.11 Å². The molecule has 0 radical (unpaired) electrons. The van der Waals surface area contributed by atoms with Crippen LogP contribution in [-0.4, -0.2) is 12.2 Å². The van der Waals surface area contributed by atoms with Crippen LogP contribution in [0.1, 0.15) is 11.1 Å². The van der Waals surface area contributed by atoms with E-state index in [-0.39, 0.29) is 12.9 Å². The van der Waals surface area contributed by atoms with Gasteiger partial charge in [0.15, 0.2) is 0 Å². The molecule has 4 heteroatoms. The van der Waals surface area contributed by atoms with Crippen molar-refractivity contribution in [2.24, 2.45) is 0 Å². The molecule has 0 saturated heterocycles. The summed E-state index contributed by atoms with van der Waals surface area (Å²) in [4.78, 5) is 0. The van der Waals surface area contributed by atoms with Crippen molar-refractivity contribution in [3.63, 3.8) is 0 Å². The fraction of sp³-hybridized carbons (Fsp3) is 0.143. The minimum Gasteiger partial charge on any atom is -0.508 e. The Hall–Kier alpha value is -1.78. The third-order valence-corrected chi connectivity index (χ3v) is 3.06. The maximum Gasteiger partial charge on any atom is 0.494 e. The van der Waals surface area contributed by atoms with Crippen molar-refractivity contribution in [3.05, 3.63) is 59.7 Å². The molecule has 0 atom stereocenters.